The lowest BCUT2D eigenvalue weighted by Gasteiger charge is -2.68. The van der Waals surface area contributed by atoms with Crippen molar-refractivity contribution in [3.63, 3.8) is 0 Å². The number of piperidine rings is 1. The standard InChI is InChI=1S/C41H51NO11/c1-7-42-22-38(51-6)18-17-28(48-3)41-25-20-39(46)29(49-4)21-40(32(35(41)42)33(50-5)34(38)41,31(25)36(39)52-37(45)24-11-9-8-10-12-24)53-30(44)16-14-23-13-15-26(43)27(19-23)47-2/h8-16,19,25,28-29,31-36,43,46H,7,17-18,20-22H2,1-6H3/b16-14+/t25-,28?,29+,31-,32-,33+,34-,35?,36-,38-,39+,40-,41?/m1/s1. The molecule has 2 N–H and O–H groups in total. The smallest absolute Gasteiger partial charge is 0.338 e. The van der Waals surface area contributed by atoms with Gasteiger partial charge in [-0.1, -0.05) is 31.2 Å². The SMILES string of the molecule is CCN1C[C@]2(OC)CCC(OC)C34C1[C@@H]([C@H](OC)[C@@H]32)[C@@]1(OC(=O)/C=C/c2ccc(O)c(OC)c2)C[C@H](OC)[C@@]2(O)C[C@@H]4[C@@H]1[C@H]2OC(=O)c1ccccc1. The zero-order valence-corrected chi connectivity index (χ0v) is 31.2. The Bertz CT molecular complexity index is 1770. The Morgan fingerprint density at radius 1 is 0.962 bits per heavy atom. The van der Waals surface area contributed by atoms with E-state index in [1.807, 2.05) is 6.07 Å². The maximum Gasteiger partial charge on any atom is 0.338 e. The summed E-state index contributed by atoms with van der Waals surface area (Å²) in [7, 11) is 8.26. The van der Waals surface area contributed by atoms with Gasteiger partial charge in [0.15, 0.2) is 11.5 Å². The number of rotatable bonds is 11. The minimum absolute atomic E-state index is 0.0160. The van der Waals surface area contributed by atoms with Gasteiger partial charge < -0.3 is 43.4 Å². The molecule has 12 nitrogen and oxygen atoms in total. The number of hydrogen-bond acceptors (Lipinski definition) is 12. The molecule has 5 saturated carbocycles. The number of ether oxygens (including phenoxy) is 7. The van der Waals surface area contributed by atoms with Gasteiger partial charge in [-0.15, -0.1) is 0 Å². The number of fused-ring (bicyclic) bond motifs is 2. The van der Waals surface area contributed by atoms with Crippen LogP contribution in [0, 0.1) is 29.1 Å². The summed E-state index contributed by atoms with van der Waals surface area (Å²) in [5.74, 6) is -2.45. The van der Waals surface area contributed by atoms with E-state index in [0.29, 0.717) is 24.2 Å². The molecule has 3 unspecified atom stereocenters. The first-order chi connectivity index (χ1) is 25.5. The molecule has 7 bridgehead atoms. The van der Waals surface area contributed by atoms with Crippen LogP contribution in [0.2, 0.25) is 0 Å². The molecule has 53 heavy (non-hydrogen) atoms. The highest BCUT2D eigenvalue weighted by molar-refractivity contribution is 5.90. The molecule has 0 aromatic heterocycles. The number of methoxy groups -OCH3 is 5. The Hall–Kier alpha value is -3.52. The number of phenolic OH excluding ortho intramolecular Hbond substituents is 1. The Kier molecular flexibility index (Phi) is 8.98. The summed E-state index contributed by atoms with van der Waals surface area (Å²) in [5, 5.41) is 23.1. The highest BCUT2D eigenvalue weighted by atomic mass is 16.6. The van der Waals surface area contributed by atoms with Crippen LogP contribution in [0.3, 0.4) is 0 Å². The molecule has 6 aliphatic rings. The van der Waals surface area contributed by atoms with Gasteiger partial charge >= 0.3 is 11.9 Å². The van der Waals surface area contributed by atoms with Crippen LogP contribution in [0.4, 0.5) is 0 Å². The zero-order chi connectivity index (χ0) is 37.5. The normalized spacial score (nSPS) is 42.1. The summed E-state index contributed by atoms with van der Waals surface area (Å²) in [6.07, 6.45) is 2.35. The number of carbonyl (C=O) groups excluding carboxylic acids is 2. The van der Waals surface area contributed by atoms with Gasteiger partial charge in [0.2, 0.25) is 0 Å². The second-order valence-electron chi connectivity index (χ2n) is 15.8. The first-order valence-electron chi connectivity index (χ1n) is 18.7. The van der Waals surface area contributed by atoms with E-state index in [2.05, 4.69) is 11.8 Å². The first-order valence-corrected chi connectivity index (χ1v) is 18.7. The highest BCUT2D eigenvalue weighted by Gasteiger charge is 2.90. The summed E-state index contributed by atoms with van der Waals surface area (Å²) in [4.78, 5) is 30.8. The molecule has 12 heteroatoms. The summed E-state index contributed by atoms with van der Waals surface area (Å²) >= 11 is 0. The van der Waals surface area contributed by atoms with Crippen LogP contribution in [0.15, 0.2) is 54.6 Å². The predicted molar refractivity (Wildman–Crippen MR) is 191 cm³/mol. The van der Waals surface area contributed by atoms with Crippen molar-refractivity contribution in [2.45, 2.75) is 79.9 Å². The fourth-order valence-corrected chi connectivity index (χ4v) is 12.8. The molecular weight excluding hydrogens is 682 g/mol. The molecule has 1 spiro atoms. The fraction of sp³-hybridized carbons (Fsp3) is 0.610. The van der Waals surface area contributed by atoms with Crippen molar-refractivity contribution in [3.8, 4) is 11.5 Å². The molecule has 0 radical (unpaired) electrons. The van der Waals surface area contributed by atoms with Gasteiger partial charge in [-0.05, 0) is 67.6 Å². The molecule has 8 rings (SSSR count). The Morgan fingerprint density at radius 2 is 1.72 bits per heavy atom. The molecular formula is C41H51NO11. The van der Waals surface area contributed by atoms with Crippen LogP contribution in [0.25, 0.3) is 6.08 Å². The predicted octanol–water partition coefficient (Wildman–Crippen LogP) is 3.87. The largest absolute Gasteiger partial charge is 0.504 e. The lowest BCUT2D eigenvalue weighted by atomic mass is 9.45. The summed E-state index contributed by atoms with van der Waals surface area (Å²) in [6.45, 7) is 3.53. The van der Waals surface area contributed by atoms with E-state index in [-0.39, 0.29) is 48.3 Å². The number of esters is 2. The van der Waals surface area contributed by atoms with Crippen molar-refractivity contribution in [3.05, 3.63) is 65.7 Å². The zero-order valence-electron chi connectivity index (χ0n) is 31.2. The number of benzene rings is 2. The minimum atomic E-state index is -1.58. The number of nitrogens with zero attached hydrogens (tertiary/aromatic N) is 1. The van der Waals surface area contributed by atoms with Gasteiger partial charge in [-0.25, -0.2) is 9.59 Å². The summed E-state index contributed by atoms with van der Waals surface area (Å²) in [6, 6.07) is 13.4. The third-order valence-corrected chi connectivity index (χ3v) is 14.3. The molecule has 13 atom stereocenters. The van der Waals surface area contributed by atoms with E-state index < -0.39 is 64.3 Å². The number of aliphatic hydroxyl groups is 1. The Balaban J connectivity index is 1.32. The first kappa shape index (κ1) is 36.5. The van der Waals surface area contributed by atoms with Crippen LogP contribution in [0.5, 0.6) is 11.5 Å². The molecule has 2 aromatic carbocycles. The number of aromatic hydroxyl groups is 1. The van der Waals surface area contributed by atoms with Gasteiger partial charge in [-0.2, -0.15) is 0 Å². The highest BCUT2D eigenvalue weighted by Crippen LogP contribution is 2.79. The maximum absolute atomic E-state index is 14.4. The summed E-state index contributed by atoms with van der Waals surface area (Å²) < 4.78 is 44.6. The molecule has 0 amide bonds. The molecule has 6 fully saturated rings. The van der Waals surface area contributed by atoms with Gasteiger partial charge in [0.05, 0.1) is 36.6 Å². The van der Waals surface area contributed by atoms with E-state index >= 15 is 0 Å². The van der Waals surface area contributed by atoms with E-state index in [1.54, 1.807) is 70.9 Å². The molecule has 5 aliphatic carbocycles. The Morgan fingerprint density at radius 3 is 2.38 bits per heavy atom. The number of hydrogen-bond donors (Lipinski definition) is 2. The quantitative estimate of drug-likeness (QED) is 0.256. The van der Waals surface area contributed by atoms with Gasteiger partial charge in [-0.3, -0.25) is 4.90 Å². The van der Waals surface area contributed by atoms with E-state index in [4.69, 9.17) is 33.2 Å². The van der Waals surface area contributed by atoms with Gasteiger partial charge in [0.1, 0.15) is 17.3 Å². The molecule has 1 heterocycles. The molecule has 2 aromatic rings. The minimum Gasteiger partial charge on any atom is -0.504 e. The van der Waals surface area contributed by atoms with Crippen LogP contribution in [0.1, 0.15) is 48.5 Å². The van der Waals surface area contributed by atoms with Crippen molar-refractivity contribution in [2.24, 2.45) is 29.1 Å². The van der Waals surface area contributed by atoms with Crippen LogP contribution in [-0.4, -0.2) is 123 Å². The van der Waals surface area contributed by atoms with Gasteiger partial charge in [0, 0.05) is 76.7 Å². The summed E-state index contributed by atoms with van der Waals surface area (Å²) in [5.41, 5.74) is -3.09. The number of carbonyl (C=O) groups is 2. The van der Waals surface area contributed by atoms with Crippen molar-refractivity contribution < 1.29 is 53.0 Å². The monoisotopic (exact) mass is 733 g/mol. The average molecular weight is 734 g/mol. The molecule has 1 aliphatic heterocycles. The number of phenols is 1. The fourth-order valence-electron chi connectivity index (χ4n) is 12.8. The third-order valence-electron chi connectivity index (χ3n) is 14.3. The van der Waals surface area contributed by atoms with Crippen molar-refractivity contribution in [1.82, 2.24) is 4.90 Å². The number of likely N-dealkylation sites (N-methyl/N-ethyl adjacent to an activating group) is 1. The topological polar surface area (TPSA) is 142 Å². The average Bonchev–Trinajstić information content (AvgIpc) is 3.55. The van der Waals surface area contributed by atoms with Crippen LogP contribution < -0.4 is 4.74 Å². The molecule has 286 valence electrons. The number of likely N-dealkylation sites (tertiary alicyclic amines) is 1. The van der Waals surface area contributed by atoms with Crippen molar-refractivity contribution >= 4 is 18.0 Å². The Labute approximate surface area is 310 Å². The second-order valence-corrected chi connectivity index (χ2v) is 15.8. The van der Waals surface area contributed by atoms with E-state index in [1.165, 1.54) is 19.3 Å². The van der Waals surface area contributed by atoms with Crippen molar-refractivity contribution in [1.29, 1.82) is 0 Å². The molecule has 1 saturated heterocycles. The lowest BCUT2D eigenvalue weighted by molar-refractivity contribution is -0.294. The van der Waals surface area contributed by atoms with Crippen LogP contribution >= 0.6 is 0 Å². The second kappa shape index (κ2) is 13.1. The van der Waals surface area contributed by atoms with E-state index in [0.717, 1.165) is 12.8 Å². The lowest BCUT2D eigenvalue weighted by Crippen LogP contribution is -2.78. The maximum atomic E-state index is 14.4. The van der Waals surface area contributed by atoms with E-state index in [9.17, 15) is 19.8 Å². The van der Waals surface area contributed by atoms with Crippen LogP contribution in [-0.2, 0) is 33.2 Å². The van der Waals surface area contributed by atoms with Gasteiger partial charge in [0.25, 0.3) is 0 Å². The third kappa shape index (κ3) is 4.82. The van der Waals surface area contributed by atoms with Crippen molar-refractivity contribution in [2.75, 3.05) is 48.6 Å².